The molecule has 0 radical (unpaired) electrons. The number of hydrogen-bond acceptors (Lipinski definition) is 5. The fraction of sp³-hybridized carbons (Fsp3) is 0.214. The molecular formula is C14H15N3O4. The predicted octanol–water partition coefficient (Wildman–Crippen LogP) is 1.93. The molecule has 2 aromatic rings. The number of hydrogen-bond donors (Lipinski definition) is 2. The number of aromatic nitrogens is 1. The molecule has 0 bridgehead atoms. The summed E-state index contributed by atoms with van der Waals surface area (Å²) in [5.41, 5.74) is 6.96. The second-order valence-electron chi connectivity index (χ2n) is 4.42. The lowest BCUT2D eigenvalue weighted by molar-refractivity contribution is 0.0696. The monoisotopic (exact) mass is 289 g/mol. The lowest BCUT2D eigenvalue weighted by Crippen LogP contribution is -2.31. The maximum Gasteiger partial charge on any atom is 0.335 e. The Balaban J connectivity index is 2.40. The SMILES string of the molecule is CCN(C(=O)c1cnoc1C)c1ccc(C(=O)O)cc1N. The Bertz CT molecular complexity index is 693. The Morgan fingerprint density at radius 2 is 2.14 bits per heavy atom. The number of nitrogens with two attached hydrogens (primary N) is 1. The van der Waals surface area contributed by atoms with Crippen LogP contribution < -0.4 is 10.6 Å². The summed E-state index contributed by atoms with van der Waals surface area (Å²) in [6.45, 7) is 3.82. The van der Waals surface area contributed by atoms with Gasteiger partial charge in [-0.25, -0.2) is 4.79 Å². The van der Waals surface area contributed by atoms with Crippen LogP contribution >= 0.6 is 0 Å². The number of amides is 1. The smallest absolute Gasteiger partial charge is 0.335 e. The van der Waals surface area contributed by atoms with Crippen molar-refractivity contribution in [3.63, 3.8) is 0 Å². The number of carbonyl (C=O) groups excluding carboxylic acids is 1. The molecule has 7 heteroatoms. The van der Waals surface area contributed by atoms with Crippen molar-refractivity contribution in [3.05, 3.63) is 41.3 Å². The fourth-order valence-electron chi connectivity index (χ4n) is 2.01. The maximum absolute atomic E-state index is 12.5. The molecule has 0 spiro atoms. The quantitative estimate of drug-likeness (QED) is 0.832. The molecule has 0 aliphatic carbocycles. The standard InChI is InChI=1S/C14H15N3O4/c1-3-17(13(18)10-7-16-21-8(10)2)12-5-4-9(14(19)20)6-11(12)15/h4-7H,3,15H2,1-2H3,(H,19,20). The third-order valence-electron chi connectivity index (χ3n) is 3.11. The first-order chi connectivity index (χ1) is 9.95. The molecule has 0 aliphatic rings. The normalized spacial score (nSPS) is 10.4. The molecule has 1 aromatic heterocycles. The third-order valence-corrected chi connectivity index (χ3v) is 3.11. The van der Waals surface area contributed by atoms with Gasteiger partial charge in [0.25, 0.3) is 5.91 Å². The van der Waals surface area contributed by atoms with Crippen LogP contribution in [0.4, 0.5) is 11.4 Å². The Labute approximate surface area is 120 Å². The highest BCUT2D eigenvalue weighted by atomic mass is 16.5. The van der Waals surface area contributed by atoms with Gasteiger partial charge in [-0.2, -0.15) is 0 Å². The first-order valence-corrected chi connectivity index (χ1v) is 6.31. The zero-order chi connectivity index (χ0) is 15.6. The van der Waals surface area contributed by atoms with Crippen molar-refractivity contribution in [1.29, 1.82) is 0 Å². The number of carbonyl (C=O) groups is 2. The average Bonchev–Trinajstić information content (AvgIpc) is 2.87. The number of carboxylic acid groups (broad SMARTS) is 1. The number of benzene rings is 1. The van der Waals surface area contributed by atoms with Gasteiger partial charge in [0.15, 0.2) is 0 Å². The number of aromatic carboxylic acids is 1. The van der Waals surface area contributed by atoms with Gasteiger partial charge in [0.2, 0.25) is 0 Å². The number of aryl methyl sites for hydroxylation is 1. The molecule has 110 valence electrons. The van der Waals surface area contributed by atoms with Crippen LogP contribution in [0.25, 0.3) is 0 Å². The average molecular weight is 289 g/mol. The van der Waals surface area contributed by atoms with Crippen molar-refractivity contribution in [2.45, 2.75) is 13.8 Å². The van der Waals surface area contributed by atoms with Crippen molar-refractivity contribution in [2.24, 2.45) is 0 Å². The van der Waals surface area contributed by atoms with Crippen LogP contribution in [-0.2, 0) is 0 Å². The molecule has 3 N–H and O–H groups in total. The largest absolute Gasteiger partial charge is 0.478 e. The molecule has 1 heterocycles. The Morgan fingerprint density at radius 1 is 1.43 bits per heavy atom. The van der Waals surface area contributed by atoms with Crippen LogP contribution in [0.2, 0.25) is 0 Å². The second-order valence-corrected chi connectivity index (χ2v) is 4.42. The van der Waals surface area contributed by atoms with Gasteiger partial charge in [0.05, 0.1) is 23.1 Å². The summed E-state index contributed by atoms with van der Waals surface area (Å²) < 4.78 is 4.89. The zero-order valence-electron chi connectivity index (χ0n) is 11.7. The van der Waals surface area contributed by atoms with Gasteiger partial charge < -0.3 is 20.3 Å². The van der Waals surface area contributed by atoms with E-state index < -0.39 is 5.97 Å². The molecule has 0 atom stereocenters. The van der Waals surface area contributed by atoms with Gasteiger partial charge in [-0.3, -0.25) is 4.79 Å². The molecule has 7 nitrogen and oxygen atoms in total. The molecule has 0 saturated carbocycles. The van der Waals surface area contributed by atoms with Crippen LogP contribution in [-0.4, -0.2) is 28.7 Å². The molecule has 0 saturated heterocycles. The van der Waals surface area contributed by atoms with Crippen molar-refractivity contribution in [2.75, 3.05) is 17.2 Å². The minimum atomic E-state index is -1.07. The first-order valence-electron chi connectivity index (χ1n) is 6.31. The van der Waals surface area contributed by atoms with Crippen molar-refractivity contribution in [1.82, 2.24) is 5.16 Å². The summed E-state index contributed by atoms with van der Waals surface area (Å²) in [5, 5.41) is 12.5. The molecule has 21 heavy (non-hydrogen) atoms. The molecule has 0 unspecified atom stereocenters. The summed E-state index contributed by atoms with van der Waals surface area (Å²) in [5.74, 6) is -0.956. The lowest BCUT2D eigenvalue weighted by Gasteiger charge is -2.22. The summed E-state index contributed by atoms with van der Waals surface area (Å²) in [6.07, 6.45) is 1.35. The van der Waals surface area contributed by atoms with Gasteiger partial charge in [-0.15, -0.1) is 0 Å². The molecular weight excluding hydrogens is 274 g/mol. The second kappa shape index (κ2) is 5.66. The number of rotatable bonds is 4. The fourth-order valence-corrected chi connectivity index (χ4v) is 2.01. The molecule has 0 fully saturated rings. The summed E-state index contributed by atoms with van der Waals surface area (Å²) in [6, 6.07) is 4.25. The summed E-state index contributed by atoms with van der Waals surface area (Å²) in [4.78, 5) is 24.8. The first kappa shape index (κ1) is 14.6. The summed E-state index contributed by atoms with van der Waals surface area (Å²) in [7, 11) is 0. The minimum Gasteiger partial charge on any atom is -0.478 e. The number of nitrogens with zero attached hydrogens (tertiary/aromatic N) is 2. The number of anilines is 2. The lowest BCUT2D eigenvalue weighted by atomic mass is 10.1. The Kier molecular flexibility index (Phi) is 3.93. The van der Waals surface area contributed by atoms with Crippen molar-refractivity contribution in [3.8, 4) is 0 Å². The van der Waals surface area contributed by atoms with E-state index in [0.717, 1.165) is 0 Å². The highest BCUT2D eigenvalue weighted by Crippen LogP contribution is 2.26. The van der Waals surface area contributed by atoms with Gasteiger partial charge >= 0.3 is 5.97 Å². The number of nitrogen functional groups attached to an aromatic ring is 1. The van der Waals surface area contributed by atoms with E-state index in [2.05, 4.69) is 5.16 Å². The molecule has 0 aliphatic heterocycles. The Morgan fingerprint density at radius 3 is 2.62 bits per heavy atom. The van der Waals surface area contributed by atoms with E-state index in [1.807, 2.05) is 0 Å². The summed E-state index contributed by atoms with van der Waals surface area (Å²) >= 11 is 0. The van der Waals surface area contributed by atoms with E-state index in [1.54, 1.807) is 13.8 Å². The van der Waals surface area contributed by atoms with Crippen LogP contribution in [0.1, 0.15) is 33.4 Å². The number of carboxylic acids is 1. The van der Waals surface area contributed by atoms with Crippen LogP contribution in [0.15, 0.2) is 28.9 Å². The van der Waals surface area contributed by atoms with E-state index in [4.69, 9.17) is 15.4 Å². The van der Waals surface area contributed by atoms with Crippen molar-refractivity contribution < 1.29 is 19.2 Å². The Hall–Kier alpha value is -2.83. The molecule has 1 amide bonds. The van der Waals surface area contributed by atoms with Crippen LogP contribution in [0, 0.1) is 6.92 Å². The molecule has 2 rings (SSSR count). The third kappa shape index (κ3) is 2.71. The van der Waals surface area contributed by atoms with Gasteiger partial charge in [0.1, 0.15) is 11.3 Å². The van der Waals surface area contributed by atoms with Crippen molar-refractivity contribution >= 4 is 23.3 Å². The van der Waals surface area contributed by atoms with Gasteiger partial charge in [-0.1, -0.05) is 5.16 Å². The van der Waals surface area contributed by atoms with Crippen LogP contribution in [0.5, 0.6) is 0 Å². The zero-order valence-corrected chi connectivity index (χ0v) is 11.7. The highest BCUT2D eigenvalue weighted by molar-refractivity contribution is 6.08. The minimum absolute atomic E-state index is 0.0703. The van der Waals surface area contributed by atoms with E-state index in [9.17, 15) is 9.59 Å². The van der Waals surface area contributed by atoms with E-state index in [1.165, 1.54) is 29.3 Å². The highest BCUT2D eigenvalue weighted by Gasteiger charge is 2.22. The predicted molar refractivity (Wildman–Crippen MR) is 76.4 cm³/mol. The van der Waals surface area contributed by atoms with E-state index >= 15 is 0 Å². The van der Waals surface area contributed by atoms with Gasteiger partial charge in [0, 0.05) is 6.54 Å². The van der Waals surface area contributed by atoms with E-state index in [-0.39, 0.29) is 17.2 Å². The maximum atomic E-state index is 12.5. The van der Waals surface area contributed by atoms with Gasteiger partial charge in [-0.05, 0) is 32.0 Å². The van der Waals surface area contributed by atoms with Crippen LogP contribution in [0.3, 0.4) is 0 Å². The topological polar surface area (TPSA) is 110 Å². The van der Waals surface area contributed by atoms with E-state index in [0.29, 0.717) is 23.6 Å². The molecule has 1 aromatic carbocycles.